The smallest absolute Gasteiger partial charge is 0.237 e. The van der Waals surface area contributed by atoms with Crippen molar-refractivity contribution < 1.29 is 4.79 Å². The van der Waals surface area contributed by atoms with Crippen molar-refractivity contribution in [3.63, 3.8) is 0 Å². The predicted molar refractivity (Wildman–Crippen MR) is 116 cm³/mol. The van der Waals surface area contributed by atoms with Crippen molar-refractivity contribution >= 4 is 23.4 Å². The van der Waals surface area contributed by atoms with Gasteiger partial charge in [-0.15, -0.1) is 10.2 Å². The molecule has 3 aromatic rings. The molecule has 1 amide bonds. The summed E-state index contributed by atoms with van der Waals surface area (Å²) in [7, 11) is 0. The van der Waals surface area contributed by atoms with E-state index in [4.69, 9.17) is 0 Å². The molecule has 0 aliphatic carbocycles. The first-order valence-corrected chi connectivity index (χ1v) is 10.3. The van der Waals surface area contributed by atoms with Crippen molar-refractivity contribution in [3.05, 3.63) is 59.2 Å². The standard InChI is InChI=1S/C22H26N4OS/c1-6-26-20(18-10-8-7-9-11-18)24-25-22(26)28-17(5)21(27)23-19-15(3)12-14(2)13-16(19)4/h7-13,17H,6H2,1-5H3,(H,23,27)/t17-/m0/s1. The Morgan fingerprint density at radius 3 is 2.36 bits per heavy atom. The average molecular weight is 395 g/mol. The lowest BCUT2D eigenvalue weighted by atomic mass is 10.1. The molecule has 5 nitrogen and oxygen atoms in total. The second kappa shape index (κ2) is 8.61. The summed E-state index contributed by atoms with van der Waals surface area (Å²) >= 11 is 1.43. The van der Waals surface area contributed by atoms with Gasteiger partial charge in [0.15, 0.2) is 11.0 Å². The number of carbonyl (C=O) groups is 1. The summed E-state index contributed by atoms with van der Waals surface area (Å²) in [5.74, 6) is 0.787. The molecule has 3 rings (SSSR count). The Bertz CT molecular complexity index is 958. The molecule has 0 spiro atoms. The van der Waals surface area contributed by atoms with Gasteiger partial charge in [-0.05, 0) is 45.7 Å². The molecule has 0 aliphatic heterocycles. The number of benzene rings is 2. The highest BCUT2D eigenvalue weighted by Crippen LogP contribution is 2.28. The van der Waals surface area contributed by atoms with Crippen molar-refractivity contribution in [2.45, 2.75) is 51.6 Å². The second-order valence-electron chi connectivity index (χ2n) is 6.94. The largest absolute Gasteiger partial charge is 0.325 e. The molecule has 146 valence electrons. The fourth-order valence-electron chi connectivity index (χ4n) is 3.28. The molecule has 0 fully saturated rings. The highest BCUT2D eigenvalue weighted by molar-refractivity contribution is 8.00. The molecule has 28 heavy (non-hydrogen) atoms. The molecule has 1 atom stereocenters. The first-order chi connectivity index (χ1) is 13.4. The van der Waals surface area contributed by atoms with E-state index < -0.39 is 0 Å². The van der Waals surface area contributed by atoms with Crippen LogP contribution in [0.4, 0.5) is 5.69 Å². The number of hydrogen-bond acceptors (Lipinski definition) is 4. The number of nitrogens with zero attached hydrogens (tertiary/aromatic N) is 3. The van der Waals surface area contributed by atoms with Crippen LogP contribution in [0.3, 0.4) is 0 Å². The minimum absolute atomic E-state index is 0.0352. The zero-order valence-electron chi connectivity index (χ0n) is 17.0. The highest BCUT2D eigenvalue weighted by Gasteiger charge is 2.21. The molecule has 1 N–H and O–H groups in total. The van der Waals surface area contributed by atoms with Crippen molar-refractivity contribution in [1.82, 2.24) is 14.8 Å². The quantitative estimate of drug-likeness (QED) is 0.597. The second-order valence-corrected chi connectivity index (χ2v) is 8.25. The molecular formula is C22H26N4OS. The molecule has 1 aromatic heterocycles. The van der Waals surface area contributed by atoms with Gasteiger partial charge in [0.2, 0.25) is 5.91 Å². The molecule has 0 saturated carbocycles. The minimum Gasteiger partial charge on any atom is -0.325 e. The van der Waals surface area contributed by atoms with E-state index in [0.717, 1.165) is 39.9 Å². The van der Waals surface area contributed by atoms with E-state index in [9.17, 15) is 4.79 Å². The molecule has 2 aromatic carbocycles. The number of thioether (sulfide) groups is 1. The van der Waals surface area contributed by atoms with Crippen LogP contribution in [-0.2, 0) is 11.3 Å². The Hall–Kier alpha value is -2.60. The monoisotopic (exact) mass is 394 g/mol. The molecular weight excluding hydrogens is 368 g/mol. The first-order valence-electron chi connectivity index (χ1n) is 9.44. The maximum absolute atomic E-state index is 12.8. The van der Waals surface area contributed by atoms with E-state index >= 15 is 0 Å². The third-order valence-electron chi connectivity index (χ3n) is 4.64. The van der Waals surface area contributed by atoms with E-state index in [1.165, 1.54) is 17.3 Å². The van der Waals surface area contributed by atoms with Crippen molar-refractivity contribution in [1.29, 1.82) is 0 Å². The SMILES string of the molecule is CCn1c(S[C@@H](C)C(=O)Nc2c(C)cc(C)cc2C)nnc1-c1ccccc1. The third kappa shape index (κ3) is 4.28. The number of rotatable bonds is 6. The van der Waals surface area contributed by atoms with E-state index in [2.05, 4.69) is 41.5 Å². The number of aryl methyl sites for hydroxylation is 3. The summed E-state index contributed by atoms with van der Waals surface area (Å²) in [6.45, 7) is 10.8. The summed E-state index contributed by atoms with van der Waals surface area (Å²) in [5.41, 5.74) is 5.26. The Balaban J connectivity index is 1.77. The maximum Gasteiger partial charge on any atom is 0.237 e. The number of carbonyl (C=O) groups excluding carboxylic acids is 1. The molecule has 0 unspecified atom stereocenters. The van der Waals surface area contributed by atoms with Gasteiger partial charge >= 0.3 is 0 Å². The van der Waals surface area contributed by atoms with E-state index in [0.29, 0.717) is 0 Å². The van der Waals surface area contributed by atoms with Gasteiger partial charge in [0, 0.05) is 17.8 Å². The molecule has 1 heterocycles. The number of aromatic nitrogens is 3. The Kier molecular flexibility index (Phi) is 6.19. The zero-order chi connectivity index (χ0) is 20.3. The molecule has 0 radical (unpaired) electrons. The normalized spacial score (nSPS) is 12.0. The topological polar surface area (TPSA) is 59.8 Å². The lowest BCUT2D eigenvalue weighted by molar-refractivity contribution is -0.115. The van der Waals surface area contributed by atoms with Crippen molar-refractivity contribution in [3.8, 4) is 11.4 Å². The predicted octanol–water partition coefficient (Wildman–Crippen LogP) is 5.01. The minimum atomic E-state index is -0.293. The van der Waals surface area contributed by atoms with E-state index in [1.54, 1.807) is 0 Å². The molecule has 0 saturated heterocycles. The van der Waals surface area contributed by atoms with Gasteiger partial charge in [0.25, 0.3) is 0 Å². The van der Waals surface area contributed by atoms with E-state index in [-0.39, 0.29) is 11.2 Å². The van der Waals surface area contributed by atoms with Crippen molar-refractivity contribution in [2.75, 3.05) is 5.32 Å². The summed E-state index contributed by atoms with van der Waals surface area (Å²) in [5, 5.41) is 12.2. The summed E-state index contributed by atoms with van der Waals surface area (Å²) < 4.78 is 2.05. The first kappa shape index (κ1) is 20.1. The molecule has 0 aliphatic rings. The lowest BCUT2D eigenvalue weighted by Gasteiger charge is -2.16. The highest BCUT2D eigenvalue weighted by atomic mass is 32.2. The van der Waals surface area contributed by atoms with Crippen LogP contribution in [0.25, 0.3) is 11.4 Å². The summed E-state index contributed by atoms with van der Waals surface area (Å²) in [6.07, 6.45) is 0. The number of anilines is 1. The zero-order valence-corrected chi connectivity index (χ0v) is 17.8. The summed E-state index contributed by atoms with van der Waals surface area (Å²) in [6, 6.07) is 14.2. The van der Waals surface area contributed by atoms with Gasteiger partial charge < -0.3 is 9.88 Å². The van der Waals surface area contributed by atoms with E-state index in [1.807, 2.05) is 55.7 Å². The third-order valence-corrected chi connectivity index (χ3v) is 5.72. The van der Waals surface area contributed by atoms with Gasteiger partial charge in [-0.2, -0.15) is 0 Å². The fourth-order valence-corrected chi connectivity index (χ4v) is 4.19. The number of amides is 1. The number of hydrogen-bond donors (Lipinski definition) is 1. The van der Waals surface area contributed by atoms with Gasteiger partial charge in [-0.3, -0.25) is 4.79 Å². The van der Waals surface area contributed by atoms with Crippen LogP contribution in [0.5, 0.6) is 0 Å². The van der Waals surface area contributed by atoms with Gasteiger partial charge in [-0.25, -0.2) is 0 Å². The fraction of sp³-hybridized carbons (Fsp3) is 0.318. The molecule has 0 bridgehead atoms. The van der Waals surface area contributed by atoms with Gasteiger partial charge in [0.05, 0.1) is 5.25 Å². The van der Waals surface area contributed by atoms with Crippen LogP contribution in [0, 0.1) is 20.8 Å². The average Bonchev–Trinajstić information content (AvgIpc) is 3.07. The summed E-state index contributed by atoms with van der Waals surface area (Å²) in [4.78, 5) is 12.8. The van der Waals surface area contributed by atoms with Gasteiger partial charge in [0.1, 0.15) is 0 Å². The Morgan fingerprint density at radius 2 is 1.75 bits per heavy atom. The van der Waals surface area contributed by atoms with Crippen LogP contribution >= 0.6 is 11.8 Å². The van der Waals surface area contributed by atoms with Crippen LogP contribution in [-0.4, -0.2) is 25.9 Å². The van der Waals surface area contributed by atoms with Crippen LogP contribution in [0.1, 0.15) is 30.5 Å². The maximum atomic E-state index is 12.8. The Morgan fingerprint density at radius 1 is 1.11 bits per heavy atom. The van der Waals surface area contributed by atoms with Crippen LogP contribution in [0.15, 0.2) is 47.6 Å². The van der Waals surface area contributed by atoms with Crippen molar-refractivity contribution in [2.24, 2.45) is 0 Å². The Labute approximate surface area is 170 Å². The van der Waals surface area contributed by atoms with Gasteiger partial charge in [-0.1, -0.05) is 59.8 Å². The molecule has 6 heteroatoms. The van der Waals surface area contributed by atoms with Crippen LogP contribution < -0.4 is 5.32 Å². The lowest BCUT2D eigenvalue weighted by Crippen LogP contribution is -2.24. The van der Waals surface area contributed by atoms with Crippen LogP contribution in [0.2, 0.25) is 0 Å². The number of nitrogens with one attached hydrogen (secondary N) is 1.